The first-order valence-corrected chi connectivity index (χ1v) is 15.4. The lowest BCUT2D eigenvalue weighted by molar-refractivity contribution is -0.435. The van der Waals surface area contributed by atoms with Gasteiger partial charge in [0.2, 0.25) is 5.69 Å². The largest absolute Gasteiger partial charge is 0.594 e. The molecule has 0 spiro atoms. The summed E-state index contributed by atoms with van der Waals surface area (Å²) in [6.45, 7) is 3.03. The van der Waals surface area contributed by atoms with Crippen molar-refractivity contribution in [3.8, 4) is 11.5 Å². The van der Waals surface area contributed by atoms with Gasteiger partial charge in [0, 0.05) is 40.9 Å². The van der Waals surface area contributed by atoms with Gasteiger partial charge in [-0.25, -0.2) is 0 Å². The summed E-state index contributed by atoms with van der Waals surface area (Å²) in [4.78, 5) is 0.506. The first kappa shape index (κ1) is 27.8. The summed E-state index contributed by atoms with van der Waals surface area (Å²) in [6, 6.07) is 12.9. The van der Waals surface area contributed by atoms with Gasteiger partial charge < -0.3 is 14.3 Å². The molecule has 0 radical (unpaired) electrons. The van der Waals surface area contributed by atoms with E-state index in [0.29, 0.717) is 54.2 Å². The smallest absolute Gasteiger partial charge is 0.380 e. The van der Waals surface area contributed by atoms with E-state index in [-0.39, 0.29) is 0 Å². The monoisotopic (exact) mass is 534 g/mol. The van der Waals surface area contributed by atoms with Crippen LogP contribution in [0.15, 0.2) is 53.6 Å². The molecule has 0 aliphatic heterocycles. The molecule has 0 fully saturated rings. The number of hydrogen-bond acceptors (Lipinski definition) is 10. The lowest BCUT2D eigenvalue weighted by Crippen LogP contribution is -2.02. The summed E-state index contributed by atoms with van der Waals surface area (Å²) in [5.41, 5.74) is 0.744. The van der Waals surface area contributed by atoms with Crippen molar-refractivity contribution < 1.29 is 32.0 Å². The minimum atomic E-state index is -2.88. The Balaban J connectivity index is 2.09. The van der Waals surface area contributed by atoms with Gasteiger partial charge in [-0.3, -0.25) is 18.1 Å². The molecule has 2 rings (SSSR count). The van der Waals surface area contributed by atoms with Crippen LogP contribution in [0.25, 0.3) is 0 Å². The van der Waals surface area contributed by atoms with Crippen molar-refractivity contribution in [2.45, 2.75) is 27.7 Å². The molecule has 0 bridgehead atoms. The van der Waals surface area contributed by atoms with E-state index in [1.54, 1.807) is 48.5 Å². The normalized spacial score (nSPS) is 12.5. The van der Waals surface area contributed by atoms with Crippen LogP contribution in [0.5, 0.6) is 11.5 Å². The lowest BCUT2D eigenvalue weighted by Gasteiger charge is -2.21. The lowest BCUT2D eigenvalue weighted by atomic mass is 10.3. The van der Waals surface area contributed by atoms with E-state index in [2.05, 4.69) is 5.11 Å². The maximum absolute atomic E-state index is 12.5. The van der Waals surface area contributed by atoms with Crippen LogP contribution in [0.4, 0.5) is 11.4 Å². The fourth-order valence-corrected chi connectivity index (χ4v) is 6.61. The molecule has 182 valence electrons. The summed E-state index contributed by atoms with van der Waals surface area (Å²) in [7, 11) is 0. The molecule has 0 unspecified atom stereocenters. The molecule has 13 heteroatoms. The molecule has 0 saturated carbocycles. The molecule has 0 N–H and O–H groups in total. The molecule has 0 amide bonds. The van der Waals surface area contributed by atoms with Crippen molar-refractivity contribution >= 4 is 48.4 Å². The zero-order chi connectivity index (χ0) is 24.3. The van der Waals surface area contributed by atoms with Crippen LogP contribution in [-0.4, -0.2) is 31.3 Å². The first-order chi connectivity index (χ1) is 15.8. The van der Waals surface area contributed by atoms with E-state index in [1.165, 1.54) is 0 Å². The fourth-order valence-electron chi connectivity index (χ4n) is 2.44. The van der Waals surface area contributed by atoms with Gasteiger partial charge in [0.15, 0.2) is 0 Å². The topological polar surface area (TPSA) is 93.8 Å². The van der Waals surface area contributed by atoms with Crippen LogP contribution in [0.2, 0.25) is 0 Å². The van der Waals surface area contributed by atoms with Crippen molar-refractivity contribution in [1.29, 1.82) is 0 Å². The SMILES string of the molecule is CCOP(=S)(OCC)Oc1ccc(N=[N+]([O-])c2ccc(OP(=S)(OCC)OCC)cc2)cc1. The maximum Gasteiger partial charge on any atom is 0.380 e. The van der Waals surface area contributed by atoms with E-state index in [0.717, 1.165) is 0 Å². The maximum atomic E-state index is 12.5. The van der Waals surface area contributed by atoms with Crippen LogP contribution in [0.1, 0.15) is 27.7 Å². The molecule has 0 saturated heterocycles. The molecule has 9 nitrogen and oxygen atoms in total. The molecular formula is C20H28N2O7P2S2. The van der Waals surface area contributed by atoms with E-state index in [9.17, 15) is 5.21 Å². The van der Waals surface area contributed by atoms with Gasteiger partial charge >= 0.3 is 13.4 Å². The Morgan fingerprint density at radius 3 is 1.42 bits per heavy atom. The van der Waals surface area contributed by atoms with Gasteiger partial charge in [-0.15, -0.1) is 0 Å². The Bertz CT molecular complexity index is 984. The number of benzene rings is 2. The molecule has 0 heterocycles. The van der Waals surface area contributed by atoms with Crippen molar-refractivity contribution in [1.82, 2.24) is 0 Å². The van der Waals surface area contributed by atoms with Crippen LogP contribution in [0.3, 0.4) is 0 Å². The quantitative estimate of drug-likeness (QED) is 0.110. The third kappa shape index (κ3) is 9.03. The van der Waals surface area contributed by atoms with Crippen molar-refractivity contribution in [3.63, 3.8) is 0 Å². The highest BCUT2D eigenvalue weighted by Gasteiger charge is 2.22. The van der Waals surface area contributed by atoms with Crippen molar-refractivity contribution in [3.05, 3.63) is 53.7 Å². The van der Waals surface area contributed by atoms with E-state index < -0.39 is 13.4 Å². The zero-order valence-electron chi connectivity index (χ0n) is 18.9. The van der Waals surface area contributed by atoms with E-state index in [4.69, 9.17) is 50.8 Å². The molecular weight excluding hydrogens is 506 g/mol. The standard InChI is InChI=1S/C20H28N2O7P2S2/c1-5-24-30(32,25-6-2)28-19-13-9-17(10-14-19)21-22(23)18-11-15-20(16-12-18)29-31(33,26-7-3)27-8-4/h9-16H,5-8H2,1-4H3. The van der Waals surface area contributed by atoms with Crippen molar-refractivity contribution in [2.75, 3.05) is 26.4 Å². The average molecular weight is 535 g/mol. The fraction of sp³-hybridized carbons (Fsp3) is 0.400. The summed E-state index contributed by atoms with van der Waals surface area (Å²) >= 11 is 10.7. The Morgan fingerprint density at radius 1 is 0.697 bits per heavy atom. The minimum absolute atomic E-state index is 0.312. The first-order valence-electron chi connectivity index (χ1n) is 10.3. The number of azo groups is 1. The van der Waals surface area contributed by atoms with Gasteiger partial charge in [0.1, 0.15) is 17.2 Å². The molecule has 0 atom stereocenters. The molecule has 0 aromatic heterocycles. The molecule has 33 heavy (non-hydrogen) atoms. The van der Waals surface area contributed by atoms with Crippen LogP contribution in [0, 0.1) is 5.21 Å². The van der Waals surface area contributed by atoms with E-state index >= 15 is 0 Å². The number of rotatable bonds is 14. The number of nitrogens with zero attached hydrogens (tertiary/aromatic N) is 2. The predicted octanol–water partition coefficient (Wildman–Crippen LogP) is 6.96. The number of hydrogen-bond donors (Lipinski definition) is 0. The molecule has 0 aliphatic carbocycles. The van der Waals surface area contributed by atoms with Gasteiger partial charge in [0.05, 0.1) is 26.4 Å². The summed E-state index contributed by atoms with van der Waals surface area (Å²) in [5.74, 6) is 0.913. The predicted molar refractivity (Wildman–Crippen MR) is 135 cm³/mol. The Morgan fingerprint density at radius 2 is 1.06 bits per heavy atom. The van der Waals surface area contributed by atoms with Crippen LogP contribution < -0.4 is 9.05 Å². The zero-order valence-corrected chi connectivity index (χ0v) is 22.3. The minimum Gasteiger partial charge on any atom is -0.594 e. The second-order valence-electron chi connectivity index (χ2n) is 6.11. The van der Waals surface area contributed by atoms with Gasteiger partial charge in [-0.2, -0.15) is 0 Å². The summed E-state index contributed by atoms with van der Waals surface area (Å²) in [6.07, 6.45) is 0. The van der Waals surface area contributed by atoms with Crippen molar-refractivity contribution in [2.24, 2.45) is 5.11 Å². The second-order valence-corrected chi connectivity index (χ2v) is 12.0. The van der Waals surface area contributed by atoms with E-state index in [1.807, 2.05) is 27.7 Å². The third-order valence-electron chi connectivity index (χ3n) is 3.68. The summed E-state index contributed by atoms with van der Waals surface area (Å²) < 4.78 is 33.3. The third-order valence-corrected chi connectivity index (χ3v) is 8.56. The second kappa shape index (κ2) is 13.5. The Kier molecular flexibility index (Phi) is 11.4. The summed E-state index contributed by atoms with van der Waals surface area (Å²) in [5, 5.41) is 16.5. The van der Waals surface area contributed by atoms with Crippen LogP contribution >= 0.6 is 13.4 Å². The molecule has 2 aromatic carbocycles. The van der Waals surface area contributed by atoms with Gasteiger partial charge in [0.25, 0.3) is 0 Å². The Hall–Kier alpha value is -1.42. The highest BCUT2D eigenvalue weighted by atomic mass is 32.5. The highest BCUT2D eigenvalue weighted by Crippen LogP contribution is 2.50. The Labute approximate surface area is 204 Å². The van der Waals surface area contributed by atoms with Gasteiger partial charge in [-0.05, 0) is 64.1 Å². The average Bonchev–Trinajstić information content (AvgIpc) is 2.76. The van der Waals surface area contributed by atoms with Gasteiger partial charge in [-0.1, -0.05) is 4.86 Å². The highest BCUT2D eigenvalue weighted by molar-refractivity contribution is 8.08. The van der Waals surface area contributed by atoms with Crippen LogP contribution in [-0.2, 0) is 41.7 Å². The molecule has 2 aromatic rings. The molecule has 0 aliphatic rings.